The molecule has 0 amide bonds. The first kappa shape index (κ1) is 14.0. The first-order valence-electron chi connectivity index (χ1n) is 7.23. The lowest BCUT2D eigenvalue weighted by Gasteiger charge is -2.08. The molecule has 0 unspecified atom stereocenters. The summed E-state index contributed by atoms with van der Waals surface area (Å²) in [5.74, 6) is 0. The number of anilines is 2. The van der Waals surface area contributed by atoms with Crippen LogP contribution in [0.3, 0.4) is 0 Å². The molecule has 1 N–H and O–H groups in total. The third-order valence-electron chi connectivity index (χ3n) is 3.61. The van der Waals surface area contributed by atoms with E-state index >= 15 is 0 Å². The average Bonchev–Trinajstić information content (AvgIpc) is 3.01. The van der Waals surface area contributed by atoms with Crippen LogP contribution in [0.25, 0.3) is 16.8 Å². The molecule has 0 saturated carbocycles. The summed E-state index contributed by atoms with van der Waals surface area (Å²) in [6.45, 7) is 0. The molecule has 0 radical (unpaired) electrons. The van der Waals surface area contributed by atoms with Gasteiger partial charge in [-0.1, -0.05) is 47.7 Å². The Bertz CT molecular complexity index is 963. The molecule has 23 heavy (non-hydrogen) atoms. The molecule has 0 bridgehead atoms. The standard InChI is InChI=1S/C18H13BrN4/c19-15-8-4-5-9-16(15)20-14-10-11-17-18(21-22-23(17)12-14)13-6-2-1-3-7-13/h1-12,20H. The van der Waals surface area contributed by atoms with Crippen LogP contribution in [0, 0.1) is 0 Å². The van der Waals surface area contributed by atoms with Crippen LogP contribution in [0.2, 0.25) is 0 Å². The van der Waals surface area contributed by atoms with Crippen molar-refractivity contribution in [1.82, 2.24) is 14.8 Å². The third-order valence-corrected chi connectivity index (χ3v) is 4.30. The van der Waals surface area contributed by atoms with Crippen LogP contribution in [-0.4, -0.2) is 14.8 Å². The third kappa shape index (κ3) is 2.71. The fraction of sp³-hybridized carbons (Fsp3) is 0. The SMILES string of the molecule is Brc1ccccc1Nc1ccc2c(-c3ccccc3)nnn2c1. The molecule has 2 aromatic carbocycles. The molecular formula is C18H13BrN4. The Morgan fingerprint density at radius 3 is 2.48 bits per heavy atom. The van der Waals surface area contributed by atoms with Gasteiger partial charge < -0.3 is 5.32 Å². The molecule has 0 aliphatic rings. The van der Waals surface area contributed by atoms with E-state index in [0.29, 0.717) is 0 Å². The number of para-hydroxylation sites is 1. The van der Waals surface area contributed by atoms with Crippen molar-refractivity contribution in [2.45, 2.75) is 0 Å². The largest absolute Gasteiger partial charge is 0.353 e. The molecule has 0 aliphatic carbocycles. The summed E-state index contributed by atoms with van der Waals surface area (Å²) < 4.78 is 2.81. The van der Waals surface area contributed by atoms with E-state index in [-0.39, 0.29) is 0 Å². The second-order valence-corrected chi connectivity index (χ2v) is 6.01. The molecular weight excluding hydrogens is 352 g/mol. The van der Waals surface area contributed by atoms with Gasteiger partial charge in [-0.15, -0.1) is 5.10 Å². The number of fused-ring (bicyclic) bond motifs is 1. The van der Waals surface area contributed by atoms with Gasteiger partial charge in [0.25, 0.3) is 0 Å². The number of halogens is 1. The molecule has 2 heterocycles. The van der Waals surface area contributed by atoms with Crippen molar-refractivity contribution in [2.24, 2.45) is 0 Å². The van der Waals surface area contributed by atoms with E-state index in [1.165, 1.54) is 0 Å². The van der Waals surface area contributed by atoms with Crippen LogP contribution >= 0.6 is 15.9 Å². The highest BCUT2D eigenvalue weighted by atomic mass is 79.9. The summed E-state index contributed by atoms with van der Waals surface area (Å²) in [5.41, 5.74) is 4.89. The minimum atomic E-state index is 0.887. The van der Waals surface area contributed by atoms with Gasteiger partial charge in [-0.2, -0.15) is 0 Å². The maximum atomic E-state index is 4.31. The maximum absolute atomic E-state index is 4.31. The van der Waals surface area contributed by atoms with Crippen LogP contribution in [0.4, 0.5) is 11.4 Å². The molecule has 4 rings (SSSR count). The Balaban J connectivity index is 1.72. The molecule has 4 aromatic rings. The highest BCUT2D eigenvalue weighted by molar-refractivity contribution is 9.10. The highest BCUT2D eigenvalue weighted by Gasteiger charge is 2.09. The van der Waals surface area contributed by atoms with Gasteiger partial charge in [0.1, 0.15) is 5.69 Å². The summed E-state index contributed by atoms with van der Waals surface area (Å²) in [4.78, 5) is 0. The fourth-order valence-electron chi connectivity index (χ4n) is 2.49. The number of hydrogen-bond acceptors (Lipinski definition) is 3. The zero-order chi connectivity index (χ0) is 15.6. The van der Waals surface area contributed by atoms with E-state index in [2.05, 4.69) is 31.6 Å². The van der Waals surface area contributed by atoms with E-state index in [1.54, 1.807) is 4.52 Å². The number of nitrogens with zero attached hydrogens (tertiary/aromatic N) is 3. The zero-order valence-corrected chi connectivity index (χ0v) is 13.7. The Kier molecular flexibility index (Phi) is 3.55. The van der Waals surface area contributed by atoms with Gasteiger partial charge in [0.15, 0.2) is 0 Å². The summed E-state index contributed by atoms with van der Waals surface area (Å²) in [7, 11) is 0. The van der Waals surface area contributed by atoms with Gasteiger partial charge >= 0.3 is 0 Å². The molecule has 2 aromatic heterocycles. The average molecular weight is 365 g/mol. The maximum Gasteiger partial charge on any atom is 0.120 e. The van der Waals surface area contributed by atoms with Gasteiger partial charge in [0, 0.05) is 10.0 Å². The lowest BCUT2D eigenvalue weighted by atomic mass is 10.1. The lowest BCUT2D eigenvalue weighted by molar-refractivity contribution is 0.858. The van der Waals surface area contributed by atoms with Crippen molar-refractivity contribution in [3.05, 3.63) is 77.4 Å². The quantitative estimate of drug-likeness (QED) is 0.561. The van der Waals surface area contributed by atoms with Crippen molar-refractivity contribution in [3.63, 3.8) is 0 Å². The van der Waals surface area contributed by atoms with Crippen molar-refractivity contribution < 1.29 is 0 Å². The van der Waals surface area contributed by atoms with Crippen LogP contribution in [0.1, 0.15) is 0 Å². The van der Waals surface area contributed by atoms with Crippen molar-refractivity contribution in [1.29, 1.82) is 0 Å². The van der Waals surface area contributed by atoms with Crippen molar-refractivity contribution in [2.75, 3.05) is 5.32 Å². The number of nitrogens with one attached hydrogen (secondary N) is 1. The van der Waals surface area contributed by atoms with E-state index in [9.17, 15) is 0 Å². The Hall–Kier alpha value is -2.66. The fourth-order valence-corrected chi connectivity index (χ4v) is 2.87. The summed E-state index contributed by atoms with van der Waals surface area (Å²) in [6, 6.07) is 22.1. The van der Waals surface area contributed by atoms with Gasteiger partial charge in [0.2, 0.25) is 0 Å². The number of pyridine rings is 1. The Labute approximate surface area is 141 Å². The second kappa shape index (κ2) is 5.85. The minimum absolute atomic E-state index is 0.887. The van der Waals surface area contributed by atoms with Crippen molar-refractivity contribution in [3.8, 4) is 11.3 Å². The summed E-state index contributed by atoms with van der Waals surface area (Å²) >= 11 is 3.54. The van der Waals surface area contributed by atoms with Crippen LogP contribution in [-0.2, 0) is 0 Å². The first-order valence-corrected chi connectivity index (χ1v) is 8.02. The first-order chi connectivity index (χ1) is 11.3. The van der Waals surface area contributed by atoms with Gasteiger partial charge in [-0.25, -0.2) is 4.52 Å². The zero-order valence-electron chi connectivity index (χ0n) is 12.1. The molecule has 112 valence electrons. The number of benzene rings is 2. The molecule has 0 aliphatic heterocycles. The highest BCUT2D eigenvalue weighted by Crippen LogP contribution is 2.27. The minimum Gasteiger partial charge on any atom is -0.353 e. The normalized spacial score (nSPS) is 10.8. The molecule has 5 heteroatoms. The summed E-state index contributed by atoms with van der Waals surface area (Å²) in [5, 5.41) is 11.9. The monoisotopic (exact) mass is 364 g/mol. The van der Waals surface area contributed by atoms with Gasteiger partial charge in [-0.05, 0) is 40.2 Å². The molecule has 0 saturated heterocycles. The number of aromatic nitrogens is 3. The van der Waals surface area contributed by atoms with E-state index in [4.69, 9.17) is 0 Å². The smallest absolute Gasteiger partial charge is 0.120 e. The number of hydrogen-bond donors (Lipinski definition) is 1. The van der Waals surface area contributed by atoms with E-state index in [1.807, 2.05) is 72.9 Å². The topological polar surface area (TPSA) is 42.2 Å². The van der Waals surface area contributed by atoms with E-state index < -0.39 is 0 Å². The van der Waals surface area contributed by atoms with Crippen LogP contribution < -0.4 is 5.32 Å². The van der Waals surface area contributed by atoms with Gasteiger partial charge in [-0.3, -0.25) is 0 Å². The Morgan fingerprint density at radius 2 is 1.65 bits per heavy atom. The van der Waals surface area contributed by atoms with Gasteiger partial charge in [0.05, 0.1) is 23.1 Å². The van der Waals surface area contributed by atoms with E-state index in [0.717, 1.165) is 32.6 Å². The van der Waals surface area contributed by atoms with Crippen LogP contribution in [0.5, 0.6) is 0 Å². The summed E-state index contributed by atoms with van der Waals surface area (Å²) in [6.07, 6.45) is 1.94. The second-order valence-electron chi connectivity index (χ2n) is 5.16. The Morgan fingerprint density at radius 1 is 0.870 bits per heavy atom. The molecule has 0 atom stereocenters. The molecule has 0 spiro atoms. The molecule has 0 fully saturated rings. The number of rotatable bonds is 3. The predicted octanol–water partition coefficient (Wildman–Crippen LogP) is 4.90. The van der Waals surface area contributed by atoms with Crippen molar-refractivity contribution >= 4 is 32.8 Å². The van der Waals surface area contributed by atoms with Crippen LogP contribution in [0.15, 0.2) is 77.4 Å². The molecule has 4 nitrogen and oxygen atoms in total. The predicted molar refractivity (Wildman–Crippen MR) is 95.8 cm³/mol. The lowest BCUT2D eigenvalue weighted by Crippen LogP contribution is -1.94.